The molecule has 1 heterocycles. The number of nitrogens with zero attached hydrogens (tertiary/aromatic N) is 1. The molecule has 0 spiro atoms. The fourth-order valence-corrected chi connectivity index (χ4v) is 3.71. The molecule has 0 aliphatic carbocycles. The lowest BCUT2D eigenvalue weighted by molar-refractivity contribution is -0.288. The number of esters is 4. The van der Waals surface area contributed by atoms with Gasteiger partial charge in [0.1, 0.15) is 18.5 Å². The van der Waals surface area contributed by atoms with Crippen LogP contribution in [0.3, 0.4) is 0 Å². The molecule has 0 unspecified atom stereocenters. The monoisotopic (exact) mass is 527 g/mol. The number of carbonyl (C=O) groups is 4. The Kier molecular flexibility index (Phi) is 9.94. The maximum Gasteiger partial charge on any atom is 0.303 e. The number of benzene rings is 2. The number of aliphatic imine (C=N–C) groups is 1. The molecule has 1 aliphatic rings. The van der Waals surface area contributed by atoms with Gasteiger partial charge in [-0.2, -0.15) is 0 Å². The predicted molar refractivity (Wildman–Crippen MR) is 133 cm³/mol. The van der Waals surface area contributed by atoms with Crippen molar-refractivity contribution >= 4 is 35.8 Å². The van der Waals surface area contributed by atoms with E-state index in [0.717, 1.165) is 32.0 Å². The summed E-state index contributed by atoms with van der Waals surface area (Å²) in [5.74, 6) is -2.42. The Labute approximate surface area is 219 Å². The smallest absolute Gasteiger partial charge is 0.303 e. The third-order valence-corrected chi connectivity index (χ3v) is 5.20. The highest BCUT2D eigenvalue weighted by Gasteiger charge is 2.53. The molecule has 11 nitrogen and oxygen atoms in total. The first-order valence-electron chi connectivity index (χ1n) is 11.8. The molecule has 0 radical (unpaired) electrons. The molecule has 1 fully saturated rings. The highest BCUT2D eigenvalue weighted by molar-refractivity contribution is 5.82. The minimum absolute atomic E-state index is 0.336. The van der Waals surface area contributed by atoms with Gasteiger partial charge in [-0.15, -0.1) is 0 Å². The molecule has 0 aromatic heterocycles. The maximum absolute atomic E-state index is 11.9. The van der Waals surface area contributed by atoms with Crippen molar-refractivity contribution in [3.8, 4) is 5.75 Å². The topological polar surface area (TPSA) is 136 Å². The Hall–Kier alpha value is -4.25. The summed E-state index contributed by atoms with van der Waals surface area (Å²) in [6.45, 7) is 4.32. The summed E-state index contributed by atoms with van der Waals surface area (Å²) >= 11 is 0. The van der Waals surface area contributed by atoms with E-state index in [9.17, 15) is 19.2 Å². The molecule has 0 bridgehead atoms. The fourth-order valence-electron chi connectivity index (χ4n) is 3.71. The van der Waals surface area contributed by atoms with E-state index in [2.05, 4.69) is 4.99 Å². The molecule has 202 valence electrons. The molecule has 5 atom stereocenters. The van der Waals surface area contributed by atoms with Gasteiger partial charge in [0.2, 0.25) is 12.4 Å². The van der Waals surface area contributed by atoms with Crippen LogP contribution in [0.1, 0.15) is 33.3 Å². The van der Waals surface area contributed by atoms with Crippen molar-refractivity contribution in [2.75, 3.05) is 6.61 Å². The maximum atomic E-state index is 11.9. The zero-order valence-corrected chi connectivity index (χ0v) is 21.4. The van der Waals surface area contributed by atoms with E-state index in [0.29, 0.717) is 5.75 Å². The summed E-state index contributed by atoms with van der Waals surface area (Å²) in [6.07, 6.45) is -4.59. The summed E-state index contributed by atoms with van der Waals surface area (Å²) in [5.41, 5.74) is 1.59. The average Bonchev–Trinajstić information content (AvgIpc) is 2.86. The summed E-state index contributed by atoms with van der Waals surface area (Å²) < 4.78 is 33.1. The van der Waals surface area contributed by atoms with Crippen molar-refractivity contribution in [3.63, 3.8) is 0 Å². The number of hydrogen-bond acceptors (Lipinski definition) is 11. The van der Waals surface area contributed by atoms with Crippen LogP contribution in [0.15, 0.2) is 59.6 Å². The number of ether oxygens (including phenoxy) is 6. The van der Waals surface area contributed by atoms with Crippen LogP contribution in [0.2, 0.25) is 0 Å². The molecule has 11 heteroatoms. The zero-order valence-electron chi connectivity index (χ0n) is 21.4. The largest absolute Gasteiger partial charge is 0.463 e. The Morgan fingerprint density at radius 2 is 1.34 bits per heavy atom. The number of para-hydroxylation sites is 1. The zero-order chi connectivity index (χ0) is 27.7. The van der Waals surface area contributed by atoms with Gasteiger partial charge >= 0.3 is 23.9 Å². The highest BCUT2D eigenvalue weighted by atomic mass is 16.7. The van der Waals surface area contributed by atoms with Crippen LogP contribution in [-0.4, -0.2) is 67.4 Å². The first-order chi connectivity index (χ1) is 18.1. The summed E-state index contributed by atoms with van der Waals surface area (Å²) in [7, 11) is 0. The van der Waals surface area contributed by atoms with Gasteiger partial charge in [0.05, 0.1) is 5.69 Å². The lowest BCUT2D eigenvalue weighted by Gasteiger charge is -2.43. The second-order valence-electron chi connectivity index (χ2n) is 8.35. The van der Waals surface area contributed by atoms with Gasteiger partial charge in [0, 0.05) is 33.9 Å². The van der Waals surface area contributed by atoms with Gasteiger partial charge < -0.3 is 28.4 Å². The molecule has 2 aromatic rings. The minimum Gasteiger partial charge on any atom is -0.463 e. The Bertz CT molecular complexity index is 1150. The van der Waals surface area contributed by atoms with E-state index in [1.807, 2.05) is 30.3 Å². The van der Waals surface area contributed by atoms with Gasteiger partial charge in [0.15, 0.2) is 12.2 Å². The molecule has 1 aliphatic heterocycles. The van der Waals surface area contributed by atoms with Gasteiger partial charge in [-0.05, 0) is 42.0 Å². The van der Waals surface area contributed by atoms with Crippen molar-refractivity contribution < 1.29 is 47.6 Å². The molecular formula is C27H29NO10. The molecule has 0 amide bonds. The number of hydrogen-bond donors (Lipinski definition) is 0. The second-order valence-corrected chi connectivity index (χ2v) is 8.35. The van der Waals surface area contributed by atoms with Crippen molar-refractivity contribution in [3.05, 3.63) is 60.2 Å². The van der Waals surface area contributed by atoms with E-state index < -0.39 is 54.6 Å². The first-order valence-corrected chi connectivity index (χ1v) is 11.8. The van der Waals surface area contributed by atoms with Crippen LogP contribution in [-0.2, 0) is 42.9 Å². The SMILES string of the molecule is CC(=O)OC[C@H]1O[C@H](Oc2ccc(C=Nc3ccccc3)cc2)[C@H](OC(C)=O)[C@@H](OC(C)=O)[C@@H]1OC(C)=O. The van der Waals surface area contributed by atoms with E-state index >= 15 is 0 Å². The van der Waals surface area contributed by atoms with Crippen molar-refractivity contribution in [2.45, 2.75) is 58.4 Å². The summed E-state index contributed by atoms with van der Waals surface area (Å²) in [5, 5.41) is 0. The molecule has 38 heavy (non-hydrogen) atoms. The quantitative estimate of drug-likeness (QED) is 0.272. The van der Waals surface area contributed by atoms with Crippen LogP contribution >= 0.6 is 0 Å². The lowest BCUT2D eigenvalue weighted by Crippen LogP contribution is -2.63. The van der Waals surface area contributed by atoms with Gasteiger partial charge in [-0.3, -0.25) is 24.2 Å². The fraction of sp³-hybridized carbons (Fsp3) is 0.370. The van der Waals surface area contributed by atoms with E-state index in [1.54, 1.807) is 30.5 Å². The highest BCUT2D eigenvalue weighted by Crippen LogP contribution is 2.31. The van der Waals surface area contributed by atoms with Crippen molar-refractivity contribution in [1.82, 2.24) is 0 Å². The molecule has 0 N–H and O–H groups in total. The molecule has 1 saturated heterocycles. The van der Waals surface area contributed by atoms with Crippen LogP contribution in [0, 0.1) is 0 Å². The van der Waals surface area contributed by atoms with E-state index in [-0.39, 0.29) is 6.61 Å². The summed E-state index contributed by atoms with van der Waals surface area (Å²) in [6, 6.07) is 16.2. The Morgan fingerprint density at radius 1 is 0.763 bits per heavy atom. The Morgan fingerprint density at radius 3 is 1.92 bits per heavy atom. The second kappa shape index (κ2) is 13.3. The van der Waals surface area contributed by atoms with E-state index in [1.165, 1.54) is 6.92 Å². The molecular weight excluding hydrogens is 498 g/mol. The van der Waals surface area contributed by atoms with Gasteiger partial charge in [0.25, 0.3) is 0 Å². The number of rotatable bonds is 9. The normalized spacial score (nSPS) is 22.8. The van der Waals surface area contributed by atoms with Crippen LogP contribution in [0.5, 0.6) is 5.75 Å². The standard InChI is InChI=1S/C27H29NO10/c1-16(29)33-15-23-24(34-17(2)30)25(35-18(3)31)26(36-19(4)32)27(38-23)37-22-12-10-20(11-13-22)14-28-21-8-6-5-7-9-21/h5-14,23-27H,15H2,1-4H3/t23-,24-,25+,26-,27+/m1/s1. The third kappa shape index (κ3) is 8.41. The van der Waals surface area contributed by atoms with Crippen molar-refractivity contribution in [2.24, 2.45) is 4.99 Å². The van der Waals surface area contributed by atoms with Crippen LogP contribution in [0.4, 0.5) is 5.69 Å². The predicted octanol–water partition coefficient (Wildman–Crippen LogP) is 2.90. The lowest BCUT2D eigenvalue weighted by atomic mass is 9.98. The molecule has 0 saturated carbocycles. The van der Waals surface area contributed by atoms with E-state index in [4.69, 9.17) is 28.4 Å². The van der Waals surface area contributed by atoms with Crippen LogP contribution < -0.4 is 4.74 Å². The van der Waals surface area contributed by atoms with Gasteiger partial charge in [-0.25, -0.2) is 0 Å². The molecule has 2 aromatic carbocycles. The molecule has 3 rings (SSSR count). The van der Waals surface area contributed by atoms with Crippen molar-refractivity contribution in [1.29, 1.82) is 0 Å². The minimum atomic E-state index is -1.31. The summed E-state index contributed by atoms with van der Waals surface area (Å²) in [4.78, 5) is 51.5. The first kappa shape index (κ1) is 28.3. The Balaban J connectivity index is 1.87. The average molecular weight is 528 g/mol. The van der Waals surface area contributed by atoms with Gasteiger partial charge in [-0.1, -0.05) is 18.2 Å². The van der Waals surface area contributed by atoms with Crippen LogP contribution in [0.25, 0.3) is 0 Å². The third-order valence-electron chi connectivity index (χ3n) is 5.20. The number of carbonyl (C=O) groups excluding carboxylic acids is 4.